The van der Waals surface area contributed by atoms with Gasteiger partial charge in [0, 0.05) is 30.8 Å². The molecule has 0 spiro atoms. The Morgan fingerprint density at radius 2 is 2.05 bits per heavy atom. The Balaban J connectivity index is 2.07. The third kappa shape index (κ3) is 4.04. The standard InChI is InChI=1S/C16H23N3O2/c1-3-15(20)18-13-6-4-5-12(11-13)16(21)19(2)14-7-9-17-10-8-14/h4-6,11,14,17H,3,7-10H2,1-2H3,(H,18,20). The van der Waals surface area contributed by atoms with Crippen molar-refractivity contribution in [2.45, 2.75) is 32.2 Å². The highest BCUT2D eigenvalue weighted by Gasteiger charge is 2.22. The number of amides is 2. The summed E-state index contributed by atoms with van der Waals surface area (Å²) in [4.78, 5) is 25.8. The predicted octanol–water partition coefficient (Wildman–Crippen LogP) is 1.86. The molecule has 0 aromatic heterocycles. The second kappa shape index (κ2) is 7.22. The van der Waals surface area contributed by atoms with Crippen molar-refractivity contribution in [3.63, 3.8) is 0 Å². The summed E-state index contributed by atoms with van der Waals surface area (Å²) in [6.07, 6.45) is 2.39. The van der Waals surface area contributed by atoms with Crippen molar-refractivity contribution in [2.24, 2.45) is 0 Å². The van der Waals surface area contributed by atoms with Gasteiger partial charge in [-0.05, 0) is 44.1 Å². The first-order valence-electron chi connectivity index (χ1n) is 7.49. The Morgan fingerprint density at radius 3 is 2.71 bits per heavy atom. The molecule has 0 saturated carbocycles. The van der Waals surface area contributed by atoms with Crippen LogP contribution in [0.4, 0.5) is 5.69 Å². The second-order valence-electron chi connectivity index (χ2n) is 5.38. The van der Waals surface area contributed by atoms with Crippen LogP contribution in [0.15, 0.2) is 24.3 Å². The summed E-state index contributed by atoms with van der Waals surface area (Å²) < 4.78 is 0. The van der Waals surface area contributed by atoms with E-state index in [1.54, 1.807) is 31.2 Å². The Morgan fingerprint density at radius 1 is 1.33 bits per heavy atom. The number of hydrogen-bond donors (Lipinski definition) is 2. The smallest absolute Gasteiger partial charge is 0.253 e. The van der Waals surface area contributed by atoms with E-state index in [-0.39, 0.29) is 17.9 Å². The Hall–Kier alpha value is -1.88. The Labute approximate surface area is 125 Å². The van der Waals surface area contributed by atoms with Crippen LogP contribution < -0.4 is 10.6 Å². The molecule has 0 aliphatic carbocycles. The van der Waals surface area contributed by atoms with Gasteiger partial charge in [-0.3, -0.25) is 9.59 Å². The molecule has 1 heterocycles. The summed E-state index contributed by atoms with van der Waals surface area (Å²) in [7, 11) is 1.86. The molecular weight excluding hydrogens is 266 g/mol. The van der Waals surface area contributed by atoms with Crippen molar-refractivity contribution < 1.29 is 9.59 Å². The summed E-state index contributed by atoms with van der Waals surface area (Å²) in [6.45, 7) is 3.71. The van der Waals surface area contributed by atoms with Crippen LogP contribution in [-0.2, 0) is 4.79 Å². The SMILES string of the molecule is CCC(=O)Nc1cccc(C(=O)N(C)C2CCNCC2)c1. The van der Waals surface area contributed by atoms with Gasteiger partial charge in [-0.25, -0.2) is 0 Å². The van der Waals surface area contributed by atoms with Gasteiger partial charge in [-0.1, -0.05) is 13.0 Å². The number of nitrogens with one attached hydrogen (secondary N) is 2. The number of anilines is 1. The number of benzene rings is 1. The summed E-state index contributed by atoms with van der Waals surface area (Å²) in [5.74, 6) is -0.0409. The average Bonchev–Trinajstić information content (AvgIpc) is 2.54. The highest BCUT2D eigenvalue weighted by Crippen LogP contribution is 2.16. The molecular formula is C16H23N3O2. The molecule has 1 aliphatic rings. The minimum Gasteiger partial charge on any atom is -0.339 e. The zero-order valence-electron chi connectivity index (χ0n) is 12.7. The summed E-state index contributed by atoms with van der Waals surface area (Å²) in [5.41, 5.74) is 1.29. The monoisotopic (exact) mass is 289 g/mol. The lowest BCUT2D eigenvalue weighted by molar-refractivity contribution is -0.115. The quantitative estimate of drug-likeness (QED) is 0.889. The van der Waals surface area contributed by atoms with Gasteiger partial charge in [0.15, 0.2) is 0 Å². The maximum absolute atomic E-state index is 12.5. The molecule has 21 heavy (non-hydrogen) atoms. The fourth-order valence-corrected chi connectivity index (χ4v) is 2.54. The number of nitrogens with zero attached hydrogens (tertiary/aromatic N) is 1. The zero-order chi connectivity index (χ0) is 15.2. The maximum atomic E-state index is 12.5. The van der Waals surface area contributed by atoms with Crippen molar-refractivity contribution in [1.82, 2.24) is 10.2 Å². The molecule has 0 atom stereocenters. The van der Waals surface area contributed by atoms with Crippen molar-refractivity contribution in [3.05, 3.63) is 29.8 Å². The molecule has 2 N–H and O–H groups in total. The van der Waals surface area contributed by atoms with Gasteiger partial charge < -0.3 is 15.5 Å². The Bertz CT molecular complexity index is 510. The molecule has 1 aromatic carbocycles. The molecule has 1 aliphatic heterocycles. The molecule has 1 saturated heterocycles. The summed E-state index contributed by atoms with van der Waals surface area (Å²) in [6, 6.07) is 7.42. The van der Waals surface area contributed by atoms with Crippen LogP contribution in [0.25, 0.3) is 0 Å². The van der Waals surface area contributed by atoms with Gasteiger partial charge >= 0.3 is 0 Å². The van der Waals surface area contributed by atoms with E-state index in [4.69, 9.17) is 0 Å². The van der Waals surface area contributed by atoms with Gasteiger partial charge in [0.2, 0.25) is 5.91 Å². The second-order valence-corrected chi connectivity index (χ2v) is 5.38. The Kier molecular flexibility index (Phi) is 5.33. The first-order valence-corrected chi connectivity index (χ1v) is 7.49. The van der Waals surface area contributed by atoms with Crippen LogP contribution in [0.1, 0.15) is 36.5 Å². The lowest BCUT2D eigenvalue weighted by Gasteiger charge is -2.31. The van der Waals surface area contributed by atoms with E-state index in [2.05, 4.69) is 10.6 Å². The predicted molar refractivity (Wildman–Crippen MR) is 83.3 cm³/mol. The lowest BCUT2D eigenvalue weighted by atomic mass is 10.0. The molecule has 2 rings (SSSR count). The molecule has 0 radical (unpaired) electrons. The number of carbonyl (C=O) groups excluding carboxylic acids is 2. The van der Waals surface area contributed by atoms with E-state index >= 15 is 0 Å². The van der Waals surface area contributed by atoms with Gasteiger partial charge in [-0.15, -0.1) is 0 Å². The van der Waals surface area contributed by atoms with Crippen LogP contribution in [0.2, 0.25) is 0 Å². The average molecular weight is 289 g/mol. The molecule has 5 nitrogen and oxygen atoms in total. The number of piperidine rings is 1. The van der Waals surface area contributed by atoms with E-state index in [9.17, 15) is 9.59 Å². The fourth-order valence-electron chi connectivity index (χ4n) is 2.54. The van der Waals surface area contributed by atoms with E-state index in [1.165, 1.54) is 0 Å². The molecule has 114 valence electrons. The van der Waals surface area contributed by atoms with Crippen molar-refractivity contribution >= 4 is 17.5 Å². The fraction of sp³-hybridized carbons (Fsp3) is 0.500. The van der Waals surface area contributed by atoms with Crippen molar-refractivity contribution in [1.29, 1.82) is 0 Å². The molecule has 1 aromatic rings. The van der Waals surface area contributed by atoms with Gasteiger partial charge in [0.1, 0.15) is 0 Å². The normalized spacial score (nSPS) is 15.5. The first-order chi connectivity index (χ1) is 10.1. The van der Waals surface area contributed by atoms with Gasteiger partial charge in [0.05, 0.1) is 0 Å². The first kappa shape index (κ1) is 15.5. The van der Waals surface area contributed by atoms with E-state index < -0.39 is 0 Å². The van der Waals surface area contributed by atoms with E-state index in [0.29, 0.717) is 17.7 Å². The third-order valence-electron chi connectivity index (χ3n) is 3.89. The van der Waals surface area contributed by atoms with Crippen LogP contribution in [0.3, 0.4) is 0 Å². The maximum Gasteiger partial charge on any atom is 0.253 e. The molecule has 0 bridgehead atoms. The van der Waals surface area contributed by atoms with Crippen molar-refractivity contribution in [3.8, 4) is 0 Å². The van der Waals surface area contributed by atoms with Crippen LogP contribution in [0, 0.1) is 0 Å². The number of hydrogen-bond acceptors (Lipinski definition) is 3. The van der Waals surface area contributed by atoms with Gasteiger partial charge in [0.25, 0.3) is 5.91 Å². The molecule has 1 fully saturated rings. The summed E-state index contributed by atoms with van der Waals surface area (Å²) in [5, 5.41) is 6.09. The van der Waals surface area contributed by atoms with Crippen LogP contribution in [-0.4, -0.2) is 42.9 Å². The molecule has 0 unspecified atom stereocenters. The third-order valence-corrected chi connectivity index (χ3v) is 3.89. The molecule has 2 amide bonds. The lowest BCUT2D eigenvalue weighted by Crippen LogP contribution is -2.43. The largest absolute Gasteiger partial charge is 0.339 e. The number of carbonyl (C=O) groups is 2. The summed E-state index contributed by atoms with van der Waals surface area (Å²) >= 11 is 0. The zero-order valence-corrected chi connectivity index (χ0v) is 12.7. The minimum absolute atomic E-state index is 0.00879. The van der Waals surface area contributed by atoms with Crippen molar-refractivity contribution in [2.75, 3.05) is 25.5 Å². The minimum atomic E-state index is -0.0497. The highest BCUT2D eigenvalue weighted by atomic mass is 16.2. The van der Waals surface area contributed by atoms with Gasteiger partial charge in [-0.2, -0.15) is 0 Å². The van der Waals surface area contributed by atoms with Crippen LogP contribution in [0.5, 0.6) is 0 Å². The molecule has 5 heteroatoms. The van der Waals surface area contributed by atoms with E-state index in [0.717, 1.165) is 25.9 Å². The van der Waals surface area contributed by atoms with Crippen LogP contribution >= 0.6 is 0 Å². The topological polar surface area (TPSA) is 61.4 Å². The number of rotatable bonds is 4. The highest BCUT2D eigenvalue weighted by molar-refractivity contribution is 5.97. The van der Waals surface area contributed by atoms with E-state index in [1.807, 2.05) is 11.9 Å².